The van der Waals surface area contributed by atoms with Gasteiger partial charge in [0.1, 0.15) is 22.8 Å². The molecule has 2 aromatic heterocycles. The summed E-state index contributed by atoms with van der Waals surface area (Å²) in [6, 6.07) is 11.0. The molecule has 0 radical (unpaired) electrons. The molecule has 0 saturated carbocycles. The summed E-state index contributed by atoms with van der Waals surface area (Å²) in [6.07, 6.45) is 1.80. The minimum atomic E-state index is -0.755. The van der Waals surface area contributed by atoms with Crippen LogP contribution in [0.2, 0.25) is 0 Å². The van der Waals surface area contributed by atoms with Crippen molar-refractivity contribution >= 4 is 45.0 Å². The van der Waals surface area contributed by atoms with E-state index in [4.69, 9.17) is 4.74 Å². The molecule has 0 bridgehead atoms. The Morgan fingerprint density at radius 1 is 1.24 bits per heavy atom. The van der Waals surface area contributed by atoms with Gasteiger partial charge in [-0.15, -0.1) is 11.3 Å². The standard InChI is InChI=1S/C22H19FN4O4S2/c1-12-8-9-14(13(23)10-12)24-17(28)11-26-19-18(33-21(25-19)32-3)20(29)27(22(26)30)15-6-4-5-7-16(15)31-2/h4-10H,11H2,1-3H3,(H,24,28). The average molecular weight is 487 g/mol. The minimum Gasteiger partial charge on any atom is -0.495 e. The highest BCUT2D eigenvalue weighted by Gasteiger charge is 2.22. The second-order valence-electron chi connectivity index (χ2n) is 7.05. The number of amides is 1. The molecule has 4 aromatic rings. The molecule has 1 amide bonds. The molecular formula is C22H19FN4O4S2. The predicted octanol–water partition coefficient (Wildman–Crippen LogP) is 3.43. The van der Waals surface area contributed by atoms with E-state index in [0.29, 0.717) is 15.7 Å². The van der Waals surface area contributed by atoms with Gasteiger partial charge in [0.2, 0.25) is 5.91 Å². The second-order valence-corrected chi connectivity index (χ2v) is 9.10. The lowest BCUT2D eigenvalue weighted by Gasteiger charge is -2.14. The number of ether oxygens (including phenoxy) is 1. The zero-order valence-corrected chi connectivity index (χ0v) is 19.6. The van der Waals surface area contributed by atoms with Crippen LogP contribution >= 0.6 is 23.1 Å². The molecule has 0 atom stereocenters. The van der Waals surface area contributed by atoms with Crippen molar-refractivity contribution in [3.63, 3.8) is 0 Å². The van der Waals surface area contributed by atoms with E-state index in [1.165, 1.54) is 31.0 Å². The first-order chi connectivity index (χ1) is 15.8. The van der Waals surface area contributed by atoms with Gasteiger partial charge in [0.25, 0.3) is 5.56 Å². The summed E-state index contributed by atoms with van der Waals surface area (Å²) < 4.78 is 22.4. The number of rotatable bonds is 6. The first kappa shape index (κ1) is 22.7. The van der Waals surface area contributed by atoms with Gasteiger partial charge in [0, 0.05) is 0 Å². The Morgan fingerprint density at radius 3 is 2.70 bits per heavy atom. The largest absolute Gasteiger partial charge is 0.495 e. The van der Waals surface area contributed by atoms with Crippen LogP contribution < -0.4 is 21.3 Å². The summed E-state index contributed by atoms with van der Waals surface area (Å²) in [7, 11) is 1.43. The van der Waals surface area contributed by atoms with Gasteiger partial charge in [-0.3, -0.25) is 14.2 Å². The third kappa shape index (κ3) is 4.29. The summed E-state index contributed by atoms with van der Waals surface area (Å²) in [4.78, 5) is 43.8. The van der Waals surface area contributed by atoms with Crippen molar-refractivity contribution in [3.05, 3.63) is 74.7 Å². The number of carbonyl (C=O) groups excluding carboxylic acids is 1. The van der Waals surface area contributed by atoms with E-state index >= 15 is 0 Å². The fourth-order valence-electron chi connectivity index (χ4n) is 3.33. The molecule has 0 fully saturated rings. The van der Waals surface area contributed by atoms with Crippen molar-refractivity contribution in [3.8, 4) is 11.4 Å². The Labute approximate surface area is 195 Å². The number of nitrogens with one attached hydrogen (secondary N) is 1. The van der Waals surface area contributed by atoms with Gasteiger partial charge in [0.15, 0.2) is 9.99 Å². The van der Waals surface area contributed by atoms with E-state index in [1.807, 2.05) is 0 Å². The number of aromatic nitrogens is 3. The van der Waals surface area contributed by atoms with E-state index in [9.17, 15) is 18.8 Å². The lowest BCUT2D eigenvalue weighted by Crippen LogP contribution is -2.40. The molecule has 33 heavy (non-hydrogen) atoms. The number of methoxy groups -OCH3 is 1. The fourth-order valence-corrected chi connectivity index (χ4v) is 4.82. The molecule has 0 aliphatic carbocycles. The van der Waals surface area contributed by atoms with E-state index in [0.717, 1.165) is 20.5 Å². The zero-order chi connectivity index (χ0) is 23.7. The monoisotopic (exact) mass is 486 g/mol. The highest BCUT2D eigenvalue weighted by atomic mass is 32.2. The quantitative estimate of drug-likeness (QED) is 0.420. The predicted molar refractivity (Wildman–Crippen MR) is 128 cm³/mol. The number of thiazole rings is 1. The number of hydrogen-bond donors (Lipinski definition) is 1. The van der Waals surface area contributed by atoms with E-state index < -0.39 is 29.5 Å². The van der Waals surface area contributed by atoms with Crippen molar-refractivity contribution < 1.29 is 13.9 Å². The highest BCUT2D eigenvalue weighted by molar-refractivity contribution is 8.00. The van der Waals surface area contributed by atoms with Crippen LogP contribution in [-0.4, -0.2) is 33.4 Å². The maximum atomic E-state index is 14.2. The van der Waals surface area contributed by atoms with Crippen molar-refractivity contribution in [2.75, 3.05) is 18.7 Å². The molecule has 0 spiro atoms. The third-order valence-corrected chi connectivity index (χ3v) is 6.88. The number of benzene rings is 2. The first-order valence-electron chi connectivity index (χ1n) is 9.73. The zero-order valence-electron chi connectivity index (χ0n) is 17.9. The third-order valence-electron chi connectivity index (χ3n) is 4.87. The van der Waals surface area contributed by atoms with Crippen LogP contribution in [-0.2, 0) is 11.3 Å². The van der Waals surface area contributed by atoms with Crippen LogP contribution in [0.25, 0.3) is 16.0 Å². The molecule has 11 heteroatoms. The number of anilines is 1. The topological polar surface area (TPSA) is 95.2 Å². The molecule has 4 rings (SSSR count). The lowest BCUT2D eigenvalue weighted by molar-refractivity contribution is -0.116. The Bertz CT molecular complexity index is 1490. The van der Waals surface area contributed by atoms with Crippen LogP contribution in [0, 0.1) is 12.7 Å². The number of fused-ring (bicyclic) bond motifs is 1. The van der Waals surface area contributed by atoms with Gasteiger partial charge < -0.3 is 10.1 Å². The van der Waals surface area contributed by atoms with Crippen LogP contribution in [0.3, 0.4) is 0 Å². The maximum absolute atomic E-state index is 14.2. The fraction of sp³-hybridized carbons (Fsp3) is 0.182. The van der Waals surface area contributed by atoms with Crippen LogP contribution in [0.4, 0.5) is 10.1 Å². The molecule has 0 saturated heterocycles. The van der Waals surface area contributed by atoms with Crippen molar-refractivity contribution in [1.82, 2.24) is 14.1 Å². The molecule has 170 valence electrons. The van der Waals surface area contributed by atoms with E-state index in [-0.39, 0.29) is 21.7 Å². The molecule has 8 nitrogen and oxygen atoms in total. The number of aryl methyl sites for hydroxylation is 1. The van der Waals surface area contributed by atoms with Crippen molar-refractivity contribution in [2.24, 2.45) is 0 Å². The minimum absolute atomic E-state index is 0.00368. The van der Waals surface area contributed by atoms with Crippen LogP contribution in [0.1, 0.15) is 5.56 Å². The van der Waals surface area contributed by atoms with Gasteiger partial charge in [-0.05, 0) is 43.0 Å². The number of nitrogens with zero attached hydrogens (tertiary/aromatic N) is 3. The van der Waals surface area contributed by atoms with Gasteiger partial charge in [-0.2, -0.15) is 0 Å². The molecule has 0 aliphatic rings. The summed E-state index contributed by atoms with van der Waals surface area (Å²) in [5.74, 6) is -0.897. The van der Waals surface area contributed by atoms with Gasteiger partial charge in [-0.1, -0.05) is 30.0 Å². The molecule has 2 heterocycles. The second kappa shape index (κ2) is 9.20. The summed E-state index contributed by atoms with van der Waals surface area (Å²) in [5.41, 5.74) is -0.261. The summed E-state index contributed by atoms with van der Waals surface area (Å²) in [6.45, 7) is 1.27. The Kier molecular flexibility index (Phi) is 6.34. The Hall–Kier alpha value is -3.44. The summed E-state index contributed by atoms with van der Waals surface area (Å²) in [5, 5.41) is 2.48. The molecule has 0 aliphatic heterocycles. The molecule has 1 N–H and O–H groups in total. The first-order valence-corrected chi connectivity index (χ1v) is 11.8. The van der Waals surface area contributed by atoms with Gasteiger partial charge in [0.05, 0.1) is 18.5 Å². The smallest absolute Gasteiger partial charge is 0.337 e. The highest BCUT2D eigenvalue weighted by Crippen LogP contribution is 2.26. The number of halogens is 1. The van der Waals surface area contributed by atoms with Crippen molar-refractivity contribution in [2.45, 2.75) is 17.8 Å². The van der Waals surface area contributed by atoms with E-state index in [1.54, 1.807) is 43.5 Å². The molecule has 2 aromatic carbocycles. The summed E-state index contributed by atoms with van der Waals surface area (Å²) >= 11 is 2.45. The normalized spacial score (nSPS) is 11.0. The number of carbonyl (C=O) groups is 1. The van der Waals surface area contributed by atoms with Gasteiger partial charge in [-0.25, -0.2) is 18.7 Å². The SMILES string of the molecule is COc1ccccc1-n1c(=O)c2sc(SC)nc2n(CC(=O)Nc2ccc(C)cc2F)c1=O. The average Bonchev–Trinajstić information content (AvgIpc) is 3.24. The number of thioether (sulfide) groups is 1. The molecule has 0 unspecified atom stereocenters. The maximum Gasteiger partial charge on any atom is 0.337 e. The van der Waals surface area contributed by atoms with Crippen molar-refractivity contribution in [1.29, 1.82) is 0 Å². The van der Waals surface area contributed by atoms with Crippen LogP contribution in [0.15, 0.2) is 56.4 Å². The Morgan fingerprint density at radius 2 is 2.00 bits per heavy atom. The molecular weight excluding hydrogens is 467 g/mol. The number of para-hydroxylation sites is 2. The Balaban J connectivity index is 1.86. The van der Waals surface area contributed by atoms with Gasteiger partial charge >= 0.3 is 5.69 Å². The van der Waals surface area contributed by atoms with Crippen LogP contribution in [0.5, 0.6) is 5.75 Å². The van der Waals surface area contributed by atoms with E-state index in [2.05, 4.69) is 10.3 Å². The number of hydrogen-bond acceptors (Lipinski definition) is 7. The lowest BCUT2D eigenvalue weighted by atomic mass is 10.2.